The van der Waals surface area contributed by atoms with Gasteiger partial charge in [-0.3, -0.25) is 4.79 Å². The van der Waals surface area contributed by atoms with Crippen molar-refractivity contribution in [3.8, 4) is 0 Å². The molecule has 17 heavy (non-hydrogen) atoms. The van der Waals surface area contributed by atoms with Crippen molar-refractivity contribution in [2.24, 2.45) is 11.8 Å². The second-order valence-electron chi connectivity index (χ2n) is 5.54. The predicted octanol–water partition coefficient (Wildman–Crippen LogP) is 1.28. The van der Waals surface area contributed by atoms with Gasteiger partial charge < -0.3 is 14.6 Å². The molecule has 3 aliphatic heterocycles. The summed E-state index contributed by atoms with van der Waals surface area (Å²) in [5.41, 5.74) is 0. The summed E-state index contributed by atoms with van der Waals surface area (Å²) in [4.78, 5) is 11.6. The molecule has 4 nitrogen and oxygen atoms in total. The molecule has 3 rings (SSSR count). The highest BCUT2D eigenvalue weighted by molar-refractivity contribution is 14.1. The average Bonchev–Trinajstić information content (AvgIpc) is 2.89. The van der Waals surface area contributed by atoms with Crippen LogP contribution < -0.4 is 0 Å². The van der Waals surface area contributed by atoms with Gasteiger partial charge in [0.15, 0.2) is 0 Å². The summed E-state index contributed by atoms with van der Waals surface area (Å²) in [6, 6.07) is 0. The summed E-state index contributed by atoms with van der Waals surface area (Å²) in [6.07, 6.45) is 0.792. The minimum atomic E-state index is -0.486. The SMILES string of the molecule is CCC(C)(I)C(O)C1C2CC3C(=O)OC1C3O2. The lowest BCUT2D eigenvalue weighted by Gasteiger charge is -2.35. The van der Waals surface area contributed by atoms with E-state index < -0.39 is 6.10 Å². The Morgan fingerprint density at radius 2 is 2.29 bits per heavy atom. The number of hydrogen-bond acceptors (Lipinski definition) is 4. The number of aliphatic hydroxyl groups excluding tert-OH is 1. The van der Waals surface area contributed by atoms with E-state index in [4.69, 9.17) is 9.47 Å². The quantitative estimate of drug-likeness (QED) is 0.472. The molecule has 1 N–H and O–H groups in total. The smallest absolute Gasteiger partial charge is 0.312 e. The number of aliphatic hydroxyl groups is 1. The number of carbonyl (C=O) groups excluding carboxylic acids is 1. The van der Waals surface area contributed by atoms with Gasteiger partial charge in [-0.25, -0.2) is 0 Å². The van der Waals surface area contributed by atoms with Gasteiger partial charge in [0.1, 0.15) is 12.2 Å². The van der Waals surface area contributed by atoms with Gasteiger partial charge in [0.25, 0.3) is 0 Å². The highest BCUT2D eigenvalue weighted by Gasteiger charge is 2.66. The molecular formula is C12H17IO4. The Morgan fingerprint density at radius 1 is 1.59 bits per heavy atom. The van der Waals surface area contributed by atoms with Crippen molar-refractivity contribution in [1.29, 1.82) is 0 Å². The third-order valence-electron chi connectivity index (χ3n) is 4.57. The topological polar surface area (TPSA) is 55.8 Å². The van der Waals surface area contributed by atoms with Crippen LogP contribution in [-0.4, -0.2) is 38.9 Å². The molecule has 0 saturated carbocycles. The minimum Gasteiger partial charge on any atom is -0.459 e. The fraction of sp³-hybridized carbons (Fsp3) is 0.917. The van der Waals surface area contributed by atoms with Crippen molar-refractivity contribution in [1.82, 2.24) is 0 Å². The van der Waals surface area contributed by atoms with Crippen molar-refractivity contribution in [2.75, 3.05) is 0 Å². The van der Waals surface area contributed by atoms with Crippen molar-refractivity contribution in [2.45, 2.75) is 54.5 Å². The van der Waals surface area contributed by atoms with Crippen LogP contribution in [0.2, 0.25) is 0 Å². The Balaban J connectivity index is 1.85. The molecule has 0 aliphatic carbocycles. The Labute approximate surface area is 114 Å². The third kappa shape index (κ3) is 1.58. The first kappa shape index (κ1) is 12.2. The molecule has 0 aromatic carbocycles. The summed E-state index contributed by atoms with van der Waals surface area (Å²) >= 11 is 2.30. The van der Waals surface area contributed by atoms with Gasteiger partial charge in [-0.1, -0.05) is 29.5 Å². The van der Waals surface area contributed by atoms with Crippen LogP contribution in [0.5, 0.6) is 0 Å². The average molecular weight is 352 g/mol. The fourth-order valence-electron chi connectivity index (χ4n) is 3.31. The molecule has 3 fully saturated rings. The molecule has 3 aliphatic rings. The van der Waals surface area contributed by atoms with Crippen LogP contribution in [0.15, 0.2) is 0 Å². The minimum absolute atomic E-state index is 0.00269. The molecule has 0 aromatic heterocycles. The molecule has 3 saturated heterocycles. The van der Waals surface area contributed by atoms with Gasteiger partial charge in [0.05, 0.1) is 24.0 Å². The lowest BCUT2D eigenvalue weighted by atomic mass is 9.76. The first-order valence-corrected chi connectivity index (χ1v) is 7.26. The van der Waals surface area contributed by atoms with Crippen LogP contribution in [0.1, 0.15) is 26.7 Å². The van der Waals surface area contributed by atoms with E-state index in [0.717, 1.165) is 12.8 Å². The van der Waals surface area contributed by atoms with E-state index in [1.54, 1.807) is 0 Å². The molecule has 0 radical (unpaired) electrons. The second kappa shape index (κ2) is 3.81. The zero-order chi connectivity index (χ0) is 12.4. The number of rotatable bonds is 3. The molecule has 3 heterocycles. The summed E-state index contributed by atoms with van der Waals surface area (Å²) in [5.74, 6) is -0.260. The van der Waals surface area contributed by atoms with Crippen LogP contribution in [0.4, 0.5) is 0 Å². The molecule has 0 spiro atoms. The van der Waals surface area contributed by atoms with E-state index in [1.165, 1.54) is 0 Å². The van der Waals surface area contributed by atoms with Crippen LogP contribution >= 0.6 is 22.6 Å². The summed E-state index contributed by atoms with van der Waals surface area (Å²) in [5, 5.41) is 10.5. The highest BCUT2D eigenvalue weighted by Crippen LogP contribution is 2.52. The van der Waals surface area contributed by atoms with Gasteiger partial charge in [-0.15, -0.1) is 0 Å². The molecule has 0 aromatic rings. The van der Waals surface area contributed by atoms with E-state index in [-0.39, 0.29) is 39.5 Å². The number of hydrogen-bond donors (Lipinski definition) is 1. The number of carbonyl (C=O) groups is 1. The maximum Gasteiger partial charge on any atom is 0.312 e. The number of alkyl halides is 1. The van der Waals surface area contributed by atoms with Crippen molar-refractivity contribution < 1.29 is 19.4 Å². The van der Waals surface area contributed by atoms with Gasteiger partial charge in [0, 0.05) is 3.42 Å². The molecule has 5 heteroatoms. The molecule has 96 valence electrons. The van der Waals surface area contributed by atoms with E-state index in [9.17, 15) is 9.90 Å². The van der Waals surface area contributed by atoms with Gasteiger partial charge >= 0.3 is 5.97 Å². The standard InChI is InChI=1S/C12H17IO4/c1-3-12(2,13)10(14)7-6-4-5-8(16-6)9(7)17-11(5)15/h5-10,14H,3-4H2,1-2H3. The monoisotopic (exact) mass is 352 g/mol. The molecule has 0 amide bonds. The molecular weight excluding hydrogens is 335 g/mol. The number of ether oxygens (including phenoxy) is 2. The van der Waals surface area contributed by atoms with Crippen LogP contribution in [0.3, 0.4) is 0 Å². The molecule has 7 atom stereocenters. The van der Waals surface area contributed by atoms with E-state index in [2.05, 4.69) is 29.5 Å². The van der Waals surface area contributed by atoms with Crippen LogP contribution in [-0.2, 0) is 14.3 Å². The van der Waals surface area contributed by atoms with Crippen LogP contribution in [0, 0.1) is 11.8 Å². The second-order valence-corrected chi connectivity index (χ2v) is 8.00. The first-order chi connectivity index (χ1) is 7.95. The van der Waals surface area contributed by atoms with Gasteiger partial charge in [-0.2, -0.15) is 0 Å². The first-order valence-electron chi connectivity index (χ1n) is 6.18. The van der Waals surface area contributed by atoms with E-state index in [0.29, 0.717) is 0 Å². The zero-order valence-corrected chi connectivity index (χ0v) is 12.1. The van der Waals surface area contributed by atoms with Crippen LogP contribution in [0.25, 0.3) is 0 Å². The van der Waals surface area contributed by atoms with E-state index >= 15 is 0 Å². The van der Waals surface area contributed by atoms with E-state index in [1.807, 2.05) is 6.92 Å². The number of halogens is 1. The highest BCUT2D eigenvalue weighted by atomic mass is 127. The Bertz CT molecular complexity index is 356. The van der Waals surface area contributed by atoms with Gasteiger partial charge in [0.2, 0.25) is 0 Å². The largest absolute Gasteiger partial charge is 0.459 e. The maximum atomic E-state index is 11.6. The molecule has 7 unspecified atom stereocenters. The zero-order valence-electron chi connectivity index (χ0n) is 9.93. The summed E-state index contributed by atoms with van der Waals surface area (Å²) in [7, 11) is 0. The Morgan fingerprint density at radius 3 is 2.94 bits per heavy atom. The third-order valence-corrected chi connectivity index (χ3v) is 5.98. The fourth-order valence-corrected chi connectivity index (χ4v) is 3.73. The lowest BCUT2D eigenvalue weighted by Crippen LogP contribution is -2.48. The number of fused-ring (bicyclic) bond motifs is 1. The summed E-state index contributed by atoms with van der Waals surface area (Å²) in [6.45, 7) is 4.10. The Kier molecular flexibility index (Phi) is 2.72. The maximum absolute atomic E-state index is 11.6. The van der Waals surface area contributed by atoms with Gasteiger partial charge in [-0.05, 0) is 19.8 Å². The van der Waals surface area contributed by atoms with Crippen molar-refractivity contribution in [3.63, 3.8) is 0 Å². The lowest BCUT2D eigenvalue weighted by molar-refractivity contribution is -0.145. The van der Waals surface area contributed by atoms with Crippen molar-refractivity contribution >= 4 is 28.6 Å². The Hall–Kier alpha value is 0.120. The normalized spacial score (nSPS) is 48.0. The molecule has 2 bridgehead atoms. The summed E-state index contributed by atoms with van der Waals surface area (Å²) < 4.78 is 11.0. The van der Waals surface area contributed by atoms with Crippen molar-refractivity contribution in [3.05, 3.63) is 0 Å². The predicted molar refractivity (Wildman–Crippen MR) is 68.9 cm³/mol. The number of esters is 1.